The summed E-state index contributed by atoms with van der Waals surface area (Å²) in [6, 6.07) is 33.4. The molecular formula is C45H56O9. The van der Waals surface area contributed by atoms with E-state index in [1.165, 1.54) is 0 Å². The third-order valence-electron chi connectivity index (χ3n) is 7.40. The van der Waals surface area contributed by atoms with E-state index < -0.39 is 17.9 Å². The van der Waals surface area contributed by atoms with Crippen molar-refractivity contribution in [2.75, 3.05) is 39.6 Å². The fraction of sp³-hybridized carbons (Fsp3) is 0.267. The lowest BCUT2D eigenvalue weighted by molar-refractivity contribution is -0.139. The minimum Gasteiger partial charge on any atom is -0.490 e. The molecule has 9 heteroatoms. The largest absolute Gasteiger partial charge is 0.490 e. The second kappa shape index (κ2) is 25.8. The van der Waals surface area contributed by atoms with Crippen LogP contribution in [0.15, 0.2) is 141 Å². The van der Waals surface area contributed by atoms with Gasteiger partial charge in [-0.3, -0.25) is 0 Å². The molecule has 0 aliphatic heterocycles. The number of hydrogen-bond donors (Lipinski definition) is 0. The molecule has 0 amide bonds. The minimum absolute atomic E-state index is 0. The summed E-state index contributed by atoms with van der Waals surface area (Å²) in [5.74, 6) is 0.810. The van der Waals surface area contributed by atoms with E-state index >= 15 is 0 Å². The predicted octanol–water partition coefficient (Wildman–Crippen LogP) is 9.60. The molecule has 0 bridgehead atoms. The third kappa shape index (κ3) is 16.1. The van der Waals surface area contributed by atoms with Gasteiger partial charge in [0.2, 0.25) is 0 Å². The molecule has 0 N–H and O–H groups in total. The Kier molecular flexibility index (Phi) is 22.9. The number of hydrogen-bond acceptors (Lipinski definition) is 9. The quantitative estimate of drug-likeness (QED) is 0.0427. The molecule has 0 aliphatic carbocycles. The fourth-order valence-electron chi connectivity index (χ4n) is 4.63. The van der Waals surface area contributed by atoms with Crippen LogP contribution >= 0.6 is 0 Å². The third-order valence-corrected chi connectivity index (χ3v) is 7.40. The zero-order valence-corrected chi connectivity index (χ0v) is 29.1. The first-order valence-corrected chi connectivity index (χ1v) is 16.3. The summed E-state index contributed by atoms with van der Waals surface area (Å²) >= 11 is 0. The maximum atomic E-state index is 11.0. The number of carbonyl (C=O) groups excluding carboxylic acids is 3. The van der Waals surface area contributed by atoms with E-state index in [4.69, 9.17) is 28.4 Å². The van der Waals surface area contributed by atoms with Gasteiger partial charge in [0, 0.05) is 29.2 Å². The van der Waals surface area contributed by atoms with Gasteiger partial charge in [-0.05, 0) is 47.0 Å². The summed E-state index contributed by atoms with van der Waals surface area (Å²) in [7, 11) is 0. The molecule has 0 radical (unpaired) electrons. The number of esters is 3. The lowest BCUT2D eigenvalue weighted by Crippen LogP contribution is -2.19. The van der Waals surface area contributed by atoms with Crippen molar-refractivity contribution in [3.05, 3.63) is 152 Å². The van der Waals surface area contributed by atoms with Gasteiger partial charge in [-0.1, -0.05) is 129 Å². The molecule has 9 nitrogen and oxygen atoms in total. The van der Waals surface area contributed by atoms with E-state index in [-0.39, 0.29) is 60.7 Å². The second-order valence-electron chi connectivity index (χ2n) is 11.2. The van der Waals surface area contributed by atoms with E-state index in [2.05, 4.69) is 33.6 Å². The van der Waals surface area contributed by atoms with E-state index in [1.807, 2.05) is 103 Å². The SMILES string of the molecule is C.C.C.C=CC(=O)OCCOc1ccc(C(C)(C)c2ccc(OCCOC(=O)C=C)cc2)cc1.C=CC(=O)OCCOc1ccccc1-c1ccccc1. The average Bonchev–Trinajstić information content (AvgIpc) is 3.17. The normalized spacial score (nSPS) is 9.74. The molecule has 0 heterocycles. The van der Waals surface area contributed by atoms with Crippen molar-refractivity contribution < 1.29 is 42.8 Å². The highest BCUT2D eigenvalue weighted by molar-refractivity contribution is 5.81. The number of benzene rings is 4. The number of para-hydroxylation sites is 1. The Morgan fingerprint density at radius 2 is 0.870 bits per heavy atom. The standard InChI is InChI=1S/C25H28O6.C17H16O3.3CH4/c1-5-23(26)30-17-15-28-21-11-7-19(8-12-21)25(3,4)20-9-13-22(14-10-20)29-16-18-31-24(27)6-2;1-2-17(18)20-13-12-19-16-11-7-6-10-15(16)14-8-4-3-5-9-14;;;/h5-14H,1-2,15-18H2,3-4H3;2-11H,1,12-13H2;3*1H4. The monoisotopic (exact) mass is 740 g/mol. The highest BCUT2D eigenvalue weighted by atomic mass is 16.6. The Balaban J connectivity index is 0.00000106. The molecule has 54 heavy (non-hydrogen) atoms. The summed E-state index contributed by atoms with van der Waals surface area (Å²) in [6.07, 6.45) is 3.38. The van der Waals surface area contributed by atoms with Gasteiger partial charge in [-0.2, -0.15) is 0 Å². The smallest absolute Gasteiger partial charge is 0.330 e. The molecule has 0 aromatic heterocycles. The Morgan fingerprint density at radius 3 is 1.28 bits per heavy atom. The van der Waals surface area contributed by atoms with Crippen molar-refractivity contribution in [2.24, 2.45) is 0 Å². The van der Waals surface area contributed by atoms with E-state index in [1.54, 1.807) is 0 Å². The molecule has 0 spiro atoms. The Morgan fingerprint density at radius 1 is 0.500 bits per heavy atom. The summed E-state index contributed by atoms with van der Waals surface area (Å²) < 4.78 is 31.5. The molecular weight excluding hydrogens is 684 g/mol. The first-order valence-electron chi connectivity index (χ1n) is 16.3. The zero-order valence-electron chi connectivity index (χ0n) is 29.1. The van der Waals surface area contributed by atoms with E-state index in [9.17, 15) is 14.4 Å². The molecule has 0 saturated carbocycles. The molecule has 0 atom stereocenters. The predicted molar refractivity (Wildman–Crippen MR) is 217 cm³/mol. The summed E-state index contributed by atoms with van der Waals surface area (Å²) in [5.41, 5.74) is 4.14. The number of rotatable bonds is 18. The molecule has 4 aromatic carbocycles. The van der Waals surface area contributed by atoms with Gasteiger partial charge in [0.25, 0.3) is 0 Å². The summed E-state index contributed by atoms with van der Waals surface area (Å²) in [4.78, 5) is 32.9. The number of carbonyl (C=O) groups is 3. The maximum absolute atomic E-state index is 11.0. The van der Waals surface area contributed by atoms with Crippen LogP contribution in [0.25, 0.3) is 11.1 Å². The van der Waals surface area contributed by atoms with Gasteiger partial charge < -0.3 is 28.4 Å². The topological polar surface area (TPSA) is 107 Å². The first kappa shape index (κ1) is 47.9. The molecule has 4 rings (SSSR count). The van der Waals surface area contributed by atoms with Crippen LogP contribution in [0.1, 0.15) is 47.3 Å². The van der Waals surface area contributed by atoms with Crippen LogP contribution in [0.2, 0.25) is 0 Å². The van der Waals surface area contributed by atoms with Crippen molar-refractivity contribution in [2.45, 2.75) is 41.5 Å². The highest BCUT2D eigenvalue weighted by Crippen LogP contribution is 2.33. The highest BCUT2D eigenvalue weighted by Gasteiger charge is 2.23. The first-order chi connectivity index (χ1) is 24.7. The van der Waals surface area contributed by atoms with Crippen LogP contribution in [-0.2, 0) is 34.0 Å². The van der Waals surface area contributed by atoms with Gasteiger partial charge >= 0.3 is 17.9 Å². The van der Waals surface area contributed by atoms with Gasteiger partial charge in [0.1, 0.15) is 56.9 Å². The second-order valence-corrected chi connectivity index (χ2v) is 11.2. The van der Waals surface area contributed by atoms with Crippen molar-refractivity contribution in [1.82, 2.24) is 0 Å². The van der Waals surface area contributed by atoms with Crippen LogP contribution in [0, 0.1) is 0 Å². The Labute approximate surface area is 321 Å². The molecule has 0 unspecified atom stereocenters. The minimum atomic E-state index is -0.465. The van der Waals surface area contributed by atoms with Crippen molar-refractivity contribution in [3.63, 3.8) is 0 Å². The molecule has 0 aliphatic rings. The Bertz CT molecular complexity index is 1640. The summed E-state index contributed by atoms with van der Waals surface area (Å²) in [6.45, 7) is 15.7. The van der Waals surface area contributed by atoms with E-state index in [0.717, 1.165) is 46.2 Å². The summed E-state index contributed by atoms with van der Waals surface area (Å²) in [5, 5.41) is 0. The van der Waals surface area contributed by atoms with Crippen LogP contribution in [0.3, 0.4) is 0 Å². The van der Waals surface area contributed by atoms with Crippen molar-refractivity contribution >= 4 is 17.9 Å². The molecule has 290 valence electrons. The van der Waals surface area contributed by atoms with Crippen molar-refractivity contribution in [1.29, 1.82) is 0 Å². The maximum Gasteiger partial charge on any atom is 0.330 e. The van der Waals surface area contributed by atoms with Crippen LogP contribution in [-0.4, -0.2) is 57.5 Å². The molecule has 0 saturated heterocycles. The van der Waals surface area contributed by atoms with Crippen LogP contribution < -0.4 is 14.2 Å². The number of ether oxygens (including phenoxy) is 6. The lowest BCUT2D eigenvalue weighted by Gasteiger charge is -2.26. The van der Waals surface area contributed by atoms with Gasteiger partial charge in [0.05, 0.1) is 0 Å². The van der Waals surface area contributed by atoms with Gasteiger partial charge in [-0.15, -0.1) is 0 Å². The van der Waals surface area contributed by atoms with Crippen molar-refractivity contribution in [3.8, 4) is 28.4 Å². The average molecular weight is 741 g/mol. The fourth-order valence-corrected chi connectivity index (χ4v) is 4.63. The van der Waals surface area contributed by atoms with Gasteiger partial charge in [0.15, 0.2) is 0 Å². The van der Waals surface area contributed by atoms with Gasteiger partial charge in [-0.25, -0.2) is 14.4 Å². The Hall–Kier alpha value is -6.09. The lowest BCUT2D eigenvalue weighted by atomic mass is 9.78. The van der Waals surface area contributed by atoms with Crippen LogP contribution in [0.4, 0.5) is 0 Å². The molecule has 4 aromatic rings. The zero-order chi connectivity index (χ0) is 36.9. The molecule has 0 fully saturated rings. The van der Waals surface area contributed by atoms with E-state index in [0.29, 0.717) is 18.1 Å². The van der Waals surface area contributed by atoms with Crippen LogP contribution in [0.5, 0.6) is 17.2 Å².